The van der Waals surface area contributed by atoms with Gasteiger partial charge in [0.2, 0.25) is 0 Å². The molecular formula is C13H17N3. The first-order valence-electron chi connectivity index (χ1n) is 5.42. The van der Waals surface area contributed by atoms with Gasteiger partial charge in [0.25, 0.3) is 0 Å². The number of nitrogens with two attached hydrogens (primary N) is 1. The van der Waals surface area contributed by atoms with Gasteiger partial charge in [-0.3, -0.25) is 0 Å². The minimum absolute atomic E-state index is 0.719. The quantitative estimate of drug-likeness (QED) is 0.836. The first-order valence-corrected chi connectivity index (χ1v) is 5.42. The molecule has 3 heteroatoms. The van der Waals surface area contributed by atoms with Crippen LogP contribution in [0.1, 0.15) is 22.4 Å². The zero-order chi connectivity index (χ0) is 11.7. The molecule has 0 aliphatic heterocycles. The highest BCUT2D eigenvalue weighted by atomic mass is 15.3. The predicted octanol–water partition coefficient (Wildman–Crippen LogP) is 2.44. The highest BCUT2D eigenvalue weighted by Gasteiger charge is 2.03. The zero-order valence-corrected chi connectivity index (χ0v) is 9.99. The summed E-state index contributed by atoms with van der Waals surface area (Å²) in [5.74, 6) is 0.719. The number of nitrogen functional groups attached to an aromatic ring is 1. The van der Waals surface area contributed by atoms with E-state index in [9.17, 15) is 0 Å². The van der Waals surface area contributed by atoms with Crippen LogP contribution in [0, 0.1) is 20.8 Å². The molecule has 2 N–H and O–H groups in total. The highest BCUT2D eigenvalue weighted by molar-refractivity contribution is 5.33. The standard InChI is InChI=1S/C13H17N3/c1-9-4-10(2)6-12(5-9)8-16-13(14)7-11(3)15-16/h4-7H,8,14H2,1-3H3. The second-order valence-electron chi connectivity index (χ2n) is 4.36. The third-order valence-electron chi connectivity index (χ3n) is 2.55. The van der Waals surface area contributed by atoms with Gasteiger partial charge in [0, 0.05) is 6.07 Å². The summed E-state index contributed by atoms with van der Waals surface area (Å²) >= 11 is 0. The third kappa shape index (κ3) is 2.24. The smallest absolute Gasteiger partial charge is 0.122 e. The molecule has 0 saturated heterocycles. The van der Waals surface area contributed by atoms with E-state index in [1.165, 1.54) is 16.7 Å². The molecule has 0 bridgehead atoms. The van der Waals surface area contributed by atoms with E-state index < -0.39 is 0 Å². The van der Waals surface area contributed by atoms with Crippen molar-refractivity contribution in [1.29, 1.82) is 0 Å². The van der Waals surface area contributed by atoms with Crippen molar-refractivity contribution in [3.63, 3.8) is 0 Å². The fourth-order valence-corrected chi connectivity index (χ4v) is 2.03. The van der Waals surface area contributed by atoms with Crippen molar-refractivity contribution in [2.24, 2.45) is 0 Å². The fraction of sp³-hybridized carbons (Fsp3) is 0.308. The van der Waals surface area contributed by atoms with E-state index in [2.05, 4.69) is 37.1 Å². The van der Waals surface area contributed by atoms with E-state index in [-0.39, 0.29) is 0 Å². The normalized spacial score (nSPS) is 10.7. The van der Waals surface area contributed by atoms with E-state index in [0.717, 1.165) is 18.1 Å². The molecule has 0 aliphatic carbocycles. The van der Waals surface area contributed by atoms with Crippen LogP contribution < -0.4 is 5.73 Å². The Bertz CT molecular complexity index is 492. The van der Waals surface area contributed by atoms with Gasteiger partial charge in [0.05, 0.1) is 12.2 Å². The topological polar surface area (TPSA) is 43.8 Å². The van der Waals surface area contributed by atoms with Gasteiger partial charge in [-0.25, -0.2) is 4.68 Å². The average molecular weight is 215 g/mol. The molecule has 0 unspecified atom stereocenters. The van der Waals surface area contributed by atoms with E-state index in [4.69, 9.17) is 5.73 Å². The van der Waals surface area contributed by atoms with E-state index in [1.54, 1.807) is 0 Å². The van der Waals surface area contributed by atoms with Crippen molar-refractivity contribution < 1.29 is 0 Å². The maximum atomic E-state index is 5.87. The minimum Gasteiger partial charge on any atom is -0.384 e. The van der Waals surface area contributed by atoms with Gasteiger partial charge in [-0.2, -0.15) is 5.10 Å². The van der Waals surface area contributed by atoms with Crippen molar-refractivity contribution >= 4 is 5.82 Å². The average Bonchev–Trinajstić information content (AvgIpc) is 2.43. The first kappa shape index (κ1) is 10.7. The molecule has 0 amide bonds. The summed E-state index contributed by atoms with van der Waals surface area (Å²) in [5, 5.41) is 4.36. The number of hydrogen-bond acceptors (Lipinski definition) is 2. The monoisotopic (exact) mass is 215 g/mol. The van der Waals surface area contributed by atoms with Crippen molar-refractivity contribution in [1.82, 2.24) is 9.78 Å². The third-order valence-corrected chi connectivity index (χ3v) is 2.55. The number of nitrogens with zero attached hydrogens (tertiary/aromatic N) is 2. The maximum Gasteiger partial charge on any atom is 0.122 e. The van der Waals surface area contributed by atoms with Crippen LogP contribution in [0.5, 0.6) is 0 Å². The Morgan fingerprint density at radius 2 is 1.69 bits per heavy atom. The summed E-state index contributed by atoms with van der Waals surface area (Å²) in [6.45, 7) is 6.90. The second kappa shape index (κ2) is 4.00. The molecule has 2 rings (SSSR count). The molecule has 84 valence electrons. The minimum atomic E-state index is 0.719. The molecule has 0 saturated carbocycles. The fourth-order valence-electron chi connectivity index (χ4n) is 2.03. The lowest BCUT2D eigenvalue weighted by Crippen LogP contribution is -2.06. The van der Waals surface area contributed by atoms with Crippen LogP contribution in [0.2, 0.25) is 0 Å². The Labute approximate surface area is 95.9 Å². The lowest BCUT2D eigenvalue weighted by Gasteiger charge is -2.06. The largest absolute Gasteiger partial charge is 0.384 e. The van der Waals surface area contributed by atoms with Crippen LogP contribution in [0.4, 0.5) is 5.82 Å². The maximum absolute atomic E-state index is 5.87. The van der Waals surface area contributed by atoms with Gasteiger partial charge in [-0.05, 0) is 26.3 Å². The molecule has 1 heterocycles. The molecule has 0 aliphatic rings. The Morgan fingerprint density at radius 3 is 2.19 bits per heavy atom. The molecule has 0 fully saturated rings. The number of aromatic nitrogens is 2. The molecule has 0 atom stereocenters. The van der Waals surface area contributed by atoms with Gasteiger partial charge in [0.15, 0.2) is 0 Å². The molecule has 1 aromatic heterocycles. The van der Waals surface area contributed by atoms with Crippen molar-refractivity contribution in [3.05, 3.63) is 46.6 Å². The van der Waals surface area contributed by atoms with Crippen molar-refractivity contribution in [2.45, 2.75) is 27.3 Å². The molecule has 0 radical (unpaired) electrons. The van der Waals surface area contributed by atoms with Gasteiger partial charge >= 0.3 is 0 Å². The Balaban J connectivity index is 2.30. The lowest BCUT2D eigenvalue weighted by atomic mass is 10.1. The summed E-state index contributed by atoms with van der Waals surface area (Å²) in [6.07, 6.45) is 0. The molecule has 2 aromatic rings. The Kier molecular flexibility index (Phi) is 2.69. The summed E-state index contributed by atoms with van der Waals surface area (Å²) < 4.78 is 1.84. The number of hydrogen-bond donors (Lipinski definition) is 1. The Morgan fingerprint density at radius 1 is 1.06 bits per heavy atom. The van der Waals surface area contributed by atoms with Crippen LogP contribution in [0.25, 0.3) is 0 Å². The predicted molar refractivity (Wildman–Crippen MR) is 66.4 cm³/mol. The Hall–Kier alpha value is -1.77. The van der Waals surface area contributed by atoms with Crippen LogP contribution in [0.15, 0.2) is 24.3 Å². The summed E-state index contributed by atoms with van der Waals surface area (Å²) in [6, 6.07) is 8.40. The molecule has 1 aromatic carbocycles. The number of benzene rings is 1. The molecule has 16 heavy (non-hydrogen) atoms. The molecule has 0 spiro atoms. The van der Waals surface area contributed by atoms with Gasteiger partial charge < -0.3 is 5.73 Å². The van der Waals surface area contributed by atoms with Gasteiger partial charge in [-0.15, -0.1) is 0 Å². The second-order valence-corrected chi connectivity index (χ2v) is 4.36. The van der Waals surface area contributed by atoms with Crippen LogP contribution in [-0.4, -0.2) is 9.78 Å². The van der Waals surface area contributed by atoms with Gasteiger partial charge in [0.1, 0.15) is 5.82 Å². The van der Waals surface area contributed by atoms with Crippen LogP contribution in [0.3, 0.4) is 0 Å². The number of aryl methyl sites for hydroxylation is 3. The van der Waals surface area contributed by atoms with E-state index in [0.29, 0.717) is 0 Å². The van der Waals surface area contributed by atoms with Crippen LogP contribution >= 0.6 is 0 Å². The molecular weight excluding hydrogens is 198 g/mol. The number of anilines is 1. The van der Waals surface area contributed by atoms with Crippen LogP contribution in [-0.2, 0) is 6.54 Å². The lowest BCUT2D eigenvalue weighted by molar-refractivity contribution is 0.688. The summed E-state index contributed by atoms with van der Waals surface area (Å²) in [4.78, 5) is 0. The number of rotatable bonds is 2. The zero-order valence-electron chi connectivity index (χ0n) is 9.99. The van der Waals surface area contributed by atoms with Crippen molar-refractivity contribution in [3.8, 4) is 0 Å². The van der Waals surface area contributed by atoms with E-state index in [1.807, 2.05) is 17.7 Å². The first-order chi connectivity index (χ1) is 7.54. The summed E-state index contributed by atoms with van der Waals surface area (Å²) in [5.41, 5.74) is 10.6. The highest BCUT2D eigenvalue weighted by Crippen LogP contribution is 2.13. The SMILES string of the molecule is Cc1cc(C)cc(Cn2nc(C)cc2N)c1. The molecule has 3 nitrogen and oxygen atoms in total. The van der Waals surface area contributed by atoms with Gasteiger partial charge in [-0.1, -0.05) is 29.3 Å². The summed E-state index contributed by atoms with van der Waals surface area (Å²) in [7, 11) is 0. The van der Waals surface area contributed by atoms with Crippen molar-refractivity contribution in [2.75, 3.05) is 5.73 Å². The van der Waals surface area contributed by atoms with E-state index >= 15 is 0 Å².